The minimum absolute atomic E-state index is 0.455. The van der Waals surface area contributed by atoms with Crippen LogP contribution >= 0.6 is 0 Å². The molecule has 0 aliphatic heterocycles. The van der Waals surface area contributed by atoms with Gasteiger partial charge in [0.05, 0.1) is 0 Å². The monoisotopic (exact) mass is 164 g/mol. The van der Waals surface area contributed by atoms with Gasteiger partial charge in [-0.05, 0) is 30.0 Å². The third kappa shape index (κ3) is 1.79. The number of benzene rings is 1. The standard InChI is InChI=1S/C11H16O/c1-3-6-10-9(4-2)7-5-8-11(10)12/h5,7-8,12H,3-4,6H2,1-2H3. The lowest BCUT2D eigenvalue weighted by Crippen LogP contribution is -1.92. The van der Waals surface area contributed by atoms with Gasteiger partial charge in [0.2, 0.25) is 0 Å². The molecular formula is C11H16O. The summed E-state index contributed by atoms with van der Waals surface area (Å²) in [7, 11) is 0. The van der Waals surface area contributed by atoms with Crippen molar-refractivity contribution in [1.82, 2.24) is 0 Å². The van der Waals surface area contributed by atoms with E-state index in [1.165, 1.54) is 5.56 Å². The number of aromatic hydroxyl groups is 1. The molecule has 66 valence electrons. The lowest BCUT2D eigenvalue weighted by Gasteiger charge is -2.07. The lowest BCUT2D eigenvalue weighted by atomic mass is 10.0. The molecule has 12 heavy (non-hydrogen) atoms. The van der Waals surface area contributed by atoms with Gasteiger partial charge in [-0.15, -0.1) is 0 Å². The molecule has 1 heteroatoms. The van der Waals surface area contributed by atoms with Crippen LogP contribution in [-0.2, 0) is 12.8 Å². The molecule has 0 saturated carbocycles. The summed E-state index contributed by atoms with van der Waals surface area (Å²) in [5.74, 6) is 0.455. The van der Waals surface area contributed by atoms with Crippen molar-refractivity contribution in [1.29, 1.82) is 0 Å². The van der Waals surface area contributed by atoms with Crippen molar-refractivity contribution in [2.45, 2.75) is 33.1 Å². The lowest BCUT2D eigenvalue weighted by molar-refractivity contribution is 0.466. The molecule has 1 aromatic rings. The molecule has 0 atom stereocenters. The predicted octanol–water partition coefficient (Wildman–Crippen LogP) is 2.91. The topological polar surface area (TPSA) is 20.2 Å². The summed E-state index contributed by atoms with van der Waals surface area (Å²) in [4.78, 5) is 0. The Kier molecular flexibility index (Phi) is 3.15. The minimum Gasteiger partial charge on any atom is -0.508 e. The third-order valence-electron chi connectivity index (χ3n) is 2.13. The maximum Gasteiger partial charge on any atom is 0.119 e. The third-order valence-corrected chi connectivity index (χ3v) is 2.13. The van der Waals surface area contributed by atoms with Crippen molar-refractivity contribution in [2.24, 2.45) is 0 Å². The van der Waals surface area contributed by atoms with Gasteiger partial charge in [0.25, 0.3) is 0 Å². The molecule has 1 N–H and O–H groups in total. The van der Waals surface area contributed by atoms with Gasteiger partial charge in [-0.3, -0.25) is 0 Å². The Morgan fingerprint density at radius 3 is 2.58 bits per heavy atom. The SMILES string of the molecule is CCCc1c(O)cccc1CC. The van der Waals surface area contributed by atoms with E-state index in [0.717, 1.165) is 24.8 Å². The Morgan fingerprint density at radius 1 is 1.25 bits per heavy atom. The van der Waals surface area contributed by atoms with Gasteiger partial charge in [0.1, 0.15) is 5.75 Å². The van der Waals surface area contributed by atoms with Gasteiger partial charge in [0.15, 0.2) is 0 Å². The summed E-state index contributed by atoms with van der Waals surface area (Å²) in [6.45, 7) is 4.25. The zero-order chi connectivity index (χ0) is 8.97. The Labute approximate surface area is 74.1 Å². The predicted molar refractivity (Wildman–Crippen MR) is 51.5 cm³/mol. The fourth-order valence-electron chi connectivity index (χ4n) is 1.49. The summed E-state index contributed by atoms with van der Waals surface area (Å²) in [5.41, 5.74) is 2.40. The fraction of sp³-hybridized carbons (Fsp3) is 0.455. The van der Waals surface area contributed by atoms with Crippen LogP contribution in [0.15, 0.2) is 18.2 Å². The normalized spacial score (nSPS) is 10.2. The highest BCUT2D eigenvalue weighted by Gasteiger charge is 2.03. The minimum atomic E-state index is 0.455. The van der Waals surface area contributed by atoms with E-state index in [-0.39, 0.29) is 0 Å². The molecule has 0 saturated heterocycles. The van der Waals surface area contributed by atoms with Crippen molar-refractivity contribution in [3.05, 3.63) is 29.3 Å². The molecule has 0 spiro atoms. The van der Waals surface area contributed by atoms with Crippen molar-refractivity contribution >= 4 is 0 Å². The van der Waals surface area contributed by atoms with Crippen LogP contribution in [0.25, 0.3) is 0 Å². The Bertz CT molecular complexity index is 253. The first-order chi connectivity index (χ1) is 5.79. The maximum absolute atomic E-state index is 9.55. The van der Waals surface area contributed by atoms with E-state index in [0.29, 0.717) is 5.75 Å². The van der Waals surface area contributed by atoms with Gasteiger partial charge in [0, 0.05) is 0 Å². The van der Waals surface area contributed by atoms with Crippen LogP contribution in [0.4, 0.5) is 0 Å². The van der Waals surface area contributed by atoms with Gasteiger partial charge in [-0.25, -0.2) is 0 Å². The number of phenols is 1. The average Bonchev–Trinajstić information content (AvgIpc) is 2.09. The molecule has 0 unspecified atom stereocenters. The van der Waals surface area contributed by atoms with Crippen LogP contribution in [0.1, 0.15) is 31.4 Å². The number of hydrogen-bond acceptors (Lipinski definition) is 1. The summed E-state index contributed by atoms with van der Waals surface area (Å²) in [6, 6.07) is 5.77. The van der Waals surface area contributed by atoms with Crippen molar-refractivity contribution in [2.75, 3.05) is 0 Å². The summed E-state index contributed by atoms with van der Waals surface area (Å²) >= 11 is 0. The second kappa shape index (κ2) is 4.15. The van der Waals surface area contributed by atoms with Gasteiger partial charge in [-0.1, -0.05) is 32.4 Å². The zero-order valence-electron chi connectivity index (χ0n) is 7.80. The van der Waals surface area contributed by atoms with E-state index in [1.807, 2.05) is 6.07 Å². The molecule has 0 radical (unpaired) electrons. The van der Waals surface area contributed by atoms with Crippen LogP contribution < -0.4 is 0 Å². The van der Waals surface area contributed by atoms with Crippen LogP contribution in [-0.4, -0.2) is 5.11 Å². The molecule has 0 aromatic heterocycles. The highest BCUT2D eigenvalue weighted by Crippen LogP contribution is 2.22. The second-order valence-electron chi connectivity index (χ2n) is 3.02. The fourth-order valence-corrected chi connectivity index (χ4v) is 1.49. The number of phenolic OH excluding ortho intramolecular Hbond substituents is 1. The first-order valence-corrected chi connectivity index (χ1v) is 4.59. The summed E-state index contributed by atoms with van der Waals surface area (Å²) < 4.78 is 0. The quantitative estimate of drug-likeness (QED) is 0.728. The van der Waals surface area contributed by atoms with Crippen LogP contribution in [0.3, 0.4) is 0 Å². The van der Waals surface area contributed by atoms with E-state index >= 15 is 0 Å². The van der Waals surface area contributed by atoms with Crippen molar-refractivity contribution < 1.29 is 5.11 Å². The number of hydrogen-bond donors (Lipinski definition) is 1. The first-order valence-electron chi connectivity index (χ1n) is 4.59. The van der Waals surface area contributed by atoms with Crippen LogP contribution in [0.5, 0.6) is 5.75 Å². The van der Waals surface area contributed by atoms with E-state index in [9.17, 15) is 5.11 Å². The molecule has 1 aromatic carbocycles. The van der Waals surface area contributed by atoms with Crippen LogP contribution in [0, 0.1) is 0 Å². The average molecular weight is 164 g/mol. The second-order valence-corrected chi connectivity index (χ2v) is 3.02. The first kappa shape index (κ1) is 9.11. The van der Waals surface area contributed by atoms with Crippen molar-refractivity contribution in [3.63, 3.8) is 0 Å². The molecule has 1 nitrogen and oxygen atoms in total. The molecule has 0 aliphatic carbocycles. The molecule has 0 aliphatic rings. The molecule has 0 fully saturated rings. The van der Waals surface area contributed by atoms with Crippen molar-refractivity contribution in [3.8, 4) is 5.75 Å². The largest absolute Gasteiger partial charge is 0.508 e. The van der Waals surface area contributed by atoms with E-state index < -0.39 is 0 Å². The Hall–Kier alpha value is -0.980. The van der Waals surface area contributed by atoms with Gasteiger partial charge in [-0.2, -0.15) is 0 Å². The van der Waals surface area contributed by atoms with E-state index in [4.69, 9.17) is 0 Å². The molecular weight excluding hydrogens is 148 g/mol. The zero-order valence-corrected chi connectivity index (χ0v) is 7.80. The Morgan fingerprint density at radius 2 is 2.00 bits per heavy atom. The summed E-state index contributed by atoms with van der Waals surface area (Å²) in [5, 5.41) is 9.55. The van der Waals surface area contributed by atoms with E-state index in [2.05, 4.69) is 19.9 Å². The molecule has 0 heterocycles. The highest BCUT2D eigenvalue weighted by molar-refractivity contribution is 5.39. The molecule has 1 rings (SSSR count). The number of aryl methyl sites for hydroxylation is 1. The van der Waals surface area contributed by atoms with Gasteiger partial charge >= 0.3 is 0 Å². The van der Waals surface area contributed by atoms with Gasteiger partial charge < -0.3 is 5.11 Å². The maximum atomic E-state index is 9.55. The molecule has 0 bridgehead atoms. The molecule has 0 amide bonds. The summed E-state index contributed by atoms with van der Waals surface area (Å²) in [6.07, 6.45) is 3.07. The van der Waals surface area contributed by atoms with Crippen LogP contribution in [0.2, 0.25) is 0 Å². The highest BCUT2D eigenvalue weighted by atomic mass is 16.3. The number of rotatable bonds is 3. The Balaban J connectivity index is 3.02. The van der Waals surface area contributed by atoms with E-state index in [1.54, 1.807) is 6.07 Å². The smallest absolute Gasteiger partial charge is 0.119 e.